The molecule has 0 aromatic heterocycles. The third-order valence-corrected chi connectivity index (χ3v) is 5.68. The molecule has 2 aliphatic heterocycles. The second-order valence-electron chi connectivity index (χ2n) is 5.05. The SMILES string of the molecule is CC1OCCC1N1C(=O)c2ccc(C(=O)O)cc2S1(=O)=O. The van der Waals surface area contributed by atoms with Crippen LogP contribution in [0.15, 0.2) is 23.1 Å². The number of nitrogens with zero attached hydrogens (tertiary/aromatic N) is 1. The highest BCUT2D eigenvalue weighted by Crippen LogP contribution is 2.36. The molecule has 2 aliphatic rings. The van der Waals surface area contributed by atoms with Crippen molar-refractivity contribution in [1.82, 2.24) is 4.31 Å². The van der Waals surface area contributed by atoms with Crippen molar-refractivity contribution in [2.75, 3.05) is 6.61 Å². The molecule has 2 atom stereocenters. The van der Waals surface area contributed by atoms with Crippen molar-refractivity contribution >= 4 is 21.9 Å². The smallest absolute Gasteiger partial charge is 0.335 e. The molecule has 1 amide bonds. The molecular formula is C13H13NO6S. The highest BCUT2D eigenvalue weighted by molar-refractivity contribution is 7.90. The summed E-state index contributed by atoms with van der Waals surface area (Å²) in [5, 5.41) is 8.96. The number of ether oxygens (including phenoxy) is 1. The summed E-state index contributed by atoms with van der Waals surface area (Å²) in [7, 11) is -4.03. The zero-order chi connectivity index (χ0) is 15.4. The van der Waals surface area contributed by atoms with Gasteiger partial charge in [-0.1, -0.05) is 0 Å². The van der Waals surface area contributed by atoms with Crippen molar-refractivity contribution in [2.24, 2.45) is 0 Å². The average molecular weight is 311 g/mol. The molecule has 0 aliphatic carbocycles. The molecule has 7 nitrogen and oxygen atoms in total. The third kappa shape index (κ3) is 1.94. The predicted molar refractivity (Wildman–Crippen MR) is 70.6 cm³/mol. The van der Waals surface area contributed by atoms with E-state index in [-0.39, 0.29) is 22.1 Å². The number of sulfonamides is 1. The van der Waals surface area contributed by atoms with Crippen molar-refractivity contribution in [2.45, 2.75) is 30.4 Å². The van der Waals surface area contributed by atoms with Crippen molar-refractivity contribution in [1.29, 1.82) is 0 Å². The van der Waals surface area contributed by atoms with E-state index >= 15 is 0 Å². The summed E-state index contributed by atoms with van der Waals surface area (Å²) in [6.45, 7) is 2.11. The Morgan fingerprint density at radius 1 is 1.43 bits per heavy atom. The van der Waals surface area contributed by atoms with Gasteiger partial charge in [0.2, 0.25) is 0 Å². The second-order valence-corrected chi connectivity index (χ2v) is 6.84. The van der Waals surface area contributed by atoms with Crippen molar-refractivity contribution in [3.8, 4) is 0 Å². The number of hydrogen-bond acceptors (Lipinski definition) is 5. The molecule has 0 bridgehead atoms. The highest BCUT2D eigenvalue weighted by atomic mass is 32.2. The Morgan fingerprint density at radius 2 is 2.14 bits per heavy atom. The first-order chi connectivity index (χ1) is 9.84. The summed E-state index contributed by atoms with van der Waals surface area (Å²) in [4.78, 5) is 23.1. The van der Waals surface area contributed by atoms with Gasteiger partial charge in [-0.3, -0.25) is 4.79 Å². The molecule has 2 heterocycles. The van der Waals surface area contributed by atoms with Gasteiger partial charge in [0.1, 0.15) is 4.90 Å². The summed E-state index contributed by atoms with van der Waals surface area (Å²) in [5.41, 5.74) is -0.151. The van der Waals surface area contributed by atoms with Crippen LogP contribution in [-0.2, 0) is 14.8 Å². The van der Waals surface area contributed by atoms with Gasteiger partial charge in [-0.25, -0.2) is 17.5 Å². The molecule has 3 rings (SSSR count). The fraction of sp³-hybridized carbons (Fsp3) is 0.385. The molecule has 21 heavy (non-hydrogen) atoms. The van der Waals surface area contributed by atoms with Crippen LogP contribution in [0.4, 0.5) is 0 Å². The van der Waals surface area contributed by atoms with Crippen LogP contribution >= 0.6 is 0 Å². The van der Waals surface area contributed by atoms with E-state index in [0.717, 1.165) is 10.4 Å². The van der Waals surface area contributed by atoms with Crippen LogP contribution in [0.5, 0.6) is 0 Å². The van der Waals surface area contributed by atoms with Crippen LogP contribution in [-0.4, -0.2) is 48.5 Å². The lowest BCUT2D eigenvalue weighted by Crippen LogP contribution is -2.43. The van der Waals surface area contributed by atoms with Gasteiger partial charge < -0.3 is 9.84 Å². The molecule has 2 unspecified atom stereocenters. The molecule has 0 spiro atoms. The summed E-state index contributed by atoms with van der Waals surface area (Å²) in [5.74, 6) is -1.86. The normalized spacial score (nSPS) is 26.9. The highest BCUT2D eigenvalue weighted by Gasteiger charge is 2.48. The maximum atomic E-state index is 12.6. The van der Waals surface area contributed by atoms with E-state index in [1.165, 1.54) is 12.1 Å². The van der Waals surface area contributed by atoms with Gasteiger partial charge in [0, 0.05) is 6.61 Å². The second kappa shape index (κ2) is 4.54. The van der Waals surface area contributed by atoms with E-state index in [9.17, 15) is 18.0 Å². The average Bonchev–Trinajstić information content (AvgIpc) is 2.91. The lowest BCUT2D eigenvalue weighted by atomic mass is 10.1. The van der Waals surface area contributed by atoms with E-state index in [1.54, 1.807) is 6.92 Å². The number of aromatic carboxylic acids is 1. The van der Waals surface area contributed by atoms with E-state index < -0.39 is 27.9 Å². The first-order valence-electron chi connectivity index (χ1n) is 6.42. The maximum Gasteiger partial charge on any atom is 0.335 e. The largest absolute Gasteiger partial charge is 0.478 e. The Hall–Kier alpha value is -1.93. The van der Waals surface area contributed by atoms with E-state index in [4.69, 9.17) is 9.84 Å². The van der Waals surface area contributed by atoms with Crippen LogP contribution in [0.3, 0.4) is 0 Å². The minimum atomic E-state index is -4.03. The third-order valence-electron chi connectivity index (χ3n) is 3.83. The van der Waals surface area contributed by atoms with Gasteiger partial charge in [-0.2, -0.15) is 0 Å². The van der Waals surface area contributed by atoms with Crippen LogP contribution in [0.2, 0.25) is 0 Å². The first-order valence-corrected chi connectivity index (χ1v) is 7.86. The predicted octanol–water partition coefficient (Wildman–Crippen LogP) is 0.707. The molecule has 1 fully saturated rings. The minimum absolute atomic E-state index is 0.0131. The van der Waals surface area contributed by atoms with Gasteiger partial charge in [0.15, 0.2) is 0 Å². The van der Waals surface area contributed by atoms with Gasteiger partial charge in [-0.05, 0) is 31.5 Å². The van der Waals surface area contributed by atoms with E-state index in [2.05, 4.69) is 0 Å². The van der Waals surface area contributed by atoms with Gasteiger partial charge in [0.05, 0.1) is 23.3 Å². The number of carboxylic acids is 1. The number of hydrogen-bond donors (Lipinski definition) is 1. The number of carboxylic acid groups (broad SMARTS) is 1. The number of amides is 1. The van der Waals surface area contributed by atoms with Crippen molar-refractivity contribution in [3.05, 3.63) is 29.3 Å². The van der Waals surface area contributed by atoms with Crippen LogP contribution in [0.1, 0.15) is 34.1 Å². The zero-order valence-corrected chi connectivity index (χ0v) is 12.0. The van der Waals surface area contributed by atoms with Crippen LogP contribution < -0.4 is 0 Å². The Bertz CT molecular complexity index is 741. The van der Waals surface area contributed by atoms with Gasteiger partial charge in [0.25, 0.3) is 15.9 Å². The molecule has 112 valence electrons. The summed E-state index contributed by atoms with van der Waals surface area (Å²) in [6, 6.07) is 2.96. The van der Waals surface area contributed by atoms with E-state index in [1.807, 2.05) is 0 Å². The van der Waals surface area contributed by atoms with E-state index in [0.29, 0.717) is 13.0 Å². The standard InChI is InChI=1S/C13H13NO6S/c1-7-10(4-5-20-7)14-12(15)9-3-2-8(13(16)17)6-11(9)21(14,18)19/h2-3,6-7,10H,4-5H2,1H3,(H,16,17). The maximum absolute atomic E-state index is 12.6. The topological polar surface area (TPSA) is 101 Å². The molecule has 8 heteroatoms. The number of fused-ring (bicyclic) bond motifs is 1. The minimum Gasteiger partial charge on any atom is -0.478 e. The summed E-state index contributed by atoms with van der Waals surface area (Å²) >= 11 is 0. The molecule has 0 saturated carbocycles. The number of carbonyl (C=O) groups is 2. The van der Waals surface area contributed by atoms with Crippen LogP contribution in [0, 0.1) is 0 Å². The Kier molecular flexibility index (Phi) is 3.03. The Morgan fingerprint density at radius 3 is 2.71 bits per heavy atom. The van der Waals surface area contributed by atoms with Gasteiger partial charge >= 0.3 is 5.97 Å². The Labute approximate surface area is 121 Å². The van der Waals surface area contributed by atoms with Crippen molar-refractivity contribution < 1.29 is 27.9 Å². The summed E-state index contributed by atoms with van der Waals surface area (Å²) < 4.78 is 31.3. The van der Waals surface area contributed by atoms with Crippen LogP contribution in [0.25, 0.3) is 0 Å². The quantitative estimate of drug-likeness (QED) is 0.863. The number of rotatable bonds is 2. The zero-order valence-electron chi connectivity index (χ0n) is 11.1. The summed E-state index contributed by atoms with van der Waals surface area (Å²) in [6.07, 6.45) is 0.0586. The fourth-order valence-corrected chi connectivity index (χ4v) is 4.61. The lowest BCUT2D eigenvalue weighted by molar-refractivity contribution is 0.0691. The molecule has 1 N–H and O–H groups in total. The molecular weight excluding hydrogens is 298 g/mol. The fourth-order valence-electron chi connectivity index (χ4n) is 2.74. The Balaban J connectivity index is 2.12. The molecule has 0 radical (unpaired) electrons. The lowest BCUT2D eigenvalue weighted by Gasteiger charge is -2.24. The monoisotopic (exact) mass is 311 g/mol. The molecule has 1 aromatic carbocycles. The first kappa shape index (κ1) is 14.0. The molecule has 1 saturated heterocycles. The number of carbonyl (C=O) groups excluding carboxylic acids is 1. The van der Waals surface area contributed by atoms with Crippen molar-refractivity contribution in [3.63, 3.8) is 0 Å². The van der Waals surface area contributed by atoms with Gasteiger partial charge in [-0.15, -0.1) is 0 Å². The molecule has 1 aromatic rings. The number of benzene rings is 1.